The Morgan fingerprint density at radius 1 is 1.21 bits per heavy atom. The van der Waals surface area contributed by atoms with Gasteiger partial charge in [-0.25, -0.2) is 4.98 Å². The average molecular weight is 359 g/mol. The summed E-state index contributed by atoms with van der Waals surface area (Å²) in [6.07, 6.45) is 7.00. The molecule has 0 atom stereocenters. The second-order valence-corrected chi connectivity index (χ2v) is 7.84. The van der Waals surface area contributed by atoms with E-state index in [1.54, 1.807) is 28.7 Å². The van der Waals surface area contributed by atoms with Crippen LogP contribution in [0.25, 0.3) is 10.6 Å². The number of nitrogens with zero attached hydrogens (tertiary/aromatic N) is 2. The molecule has 3 heterocycles. The summed E-state index contributed by atoms with van der Waals surface area (Å²) < 4.78 is 5.26. The Balaban J connectivity index is 1.49. The van der Waals surface area contributed by atoms with E-state index in [-0.39, 0.29) is 11.6 Å². The van der Waals surface area contributed by atoms with Gasteiger partial charge in [-0.2, -0.15) is 0 Å². The zero-order chi connectivity index (χ0) is 16.4. The van der Waals surface area contributed by atoms with Gasteiger partial charge in [0.25, 0.3) is 5.91 Å². The van der Waals surface area contributed by atoms with Gasteiger partial charge >= 0.3 is 0 Å². The summed E-state index contributed by atoms with van der Waals surface area (Å²) in [4.78, 5) is 19.3. The van der Waals surface area contributed by atoms with Crippen molar-refractivity contribution in [1.29, 1.82) is 0 Å². The lowest BCUT2D eigenvalue weighted by atomic mass is 10.0. The molecule has 5 nitrogen and oxygen atoms in total. The molecule has 1 aliphatic carbocycles. The summed E-state index contributed by atoms with van der Waals surface area (Å²) in [5.74, 6) is 0.338. The van der Waals surface area contributed by atoms with Crippen LogP contribution in [0.3, 0.4) is 0 Å². The van der Waals surface area contributed by atoms with Crippen LogP contribution in [0.15, 0.2) is 28.1 Å². The Kier molecular flexibility index (Phi) is 4.44. The minimum absolute atomic E-state index is 0.275. The molecule has 0 fully saturated rings. The van der Waals surface area contributed by atoms with Gasteiger partial charge < -0.3 is 4.52 Å². The SMILES string of the molecule is O=C(Nc1nc2c(s1)CCCCCC2)c1cc(-c2cccs2)on1. The Labute approximate surface area is 147 Å². The van der Waals surface area contributed by atoms with Gasteiger partial charge in [0.1, 0.15) is 0 Å². The lowest BCUT2D eigenvalue weighted by Gasteiger charge is -2.06. The smallest absolute Gasteiger partial charge is 0.279 e. The van der Waals surface area contributed by atoms with Crippen molar-refractivity contribution in [3.63, 3.8) is 0 Å². The van der Waals surface area contributed by atoms with Gasteiger partial charge in [-0.3, -0.25) is 10.1 Å². The number of carbonyl (C=O) groups excluding carboxylic acids is 1. The molecule has 24 heavy (non-hydrogen) atoms. The molecule has 124 valence electrons. The number of amides is 1. The van der Waals surface area contributed by atoms with E-state index in [4.69, 9.17) is 4.52 Å². The Bertz CT molecular complexity index is 811. The molecule has 0 saturated heterocycles. The van der Waals surface area contributed by atoms with E-state index in [1.807, 2.05) is 17.5 Å². The molecule has 0 radical (unpaired) electrons. The molecule has 0 spiro atoms. The number of anilines is 1. The van der Waals surface area contributed by atoms with E-state index in [0.717, 1.165) is 23.4 Å². The van der Waals surface area contributed by atoms with Crippen LogP contribution in [0.4, 0.5) is 5.13 Å². The van der Waals surface area contributed by atoms with Gasteiger partial charge in [-0.05, 0) is 37.1 Å². The zero-order valence-corrected chi connectivity index (χ0v) is 14.7. The molecule has 1 amide bonds. The number of thiazole rings is 1. The molecule has 7 heteroatoms. The van der Waals surface area contributed by atoms with E-state index in [2.05, 4.69) is 15.5 Å². The monoisotopic (exact) mass is 359 g/mol. The van der Waals surface area contributed by atoms with E-state index in [9.17, 15) is 4.79 Å². The minimum atomic E-state index is -0.275. The number of aromatic nitrogens is 2. The van der Waals surface area contributed by atoms with Gasteiger partial charge in [0.2, 0.25) is 0 Å². The van der Waals surface area contributed by atoms with Crippen molar-refractivity contribution in [2.45, 2.75) is 38.5 Å². The molecule has 3 aromatic rings. The number of fused-ring (bicyclic) bond motifs is 1. The van der Waals surface area contributed by atoms with Crippen molar-refractivity contribution < 1.29 is 9.32 Å². The van der Waals surface area contributed by atoms with E-state index >= 15 is 0 Å². The van der Waals surface area contributed by atoms with Gasteiger partial charge in [-0.15, -0.1) is 22.7 Å². The maximum atomic E-state index is 12.4. The maximum Gasteiger partial charge on any atom is 0.279 e. The first-order valence-corrected chi connectivity index (χ1v) is 9.80. The molecule has 0 aliphatic heterocycles. The molecule has 3 aromatic heterocycles. The maximum absolute atomic E-state index is 12.4. The first-order chi connectivity index (χ1) is 11.8. The highest BCUT2D eigenvalue weighted by atomic mass is 32.1. The van der Waals surface area contributed by atoms with Crippen LogP contribution in [0, 0.1) is 0 Å². The topological polar surface area (TPSA) is 68.0 Å². The fourth-order valence-corrected chi connectivity index (χ4v) is 4.56. The number of carbonyl (C=O) groups is 1. The van der Waals surface area contributed by atoms with Crippen LogP contribution in [0.1, 0.15) is 46.7 Å². The van der Waals surface area contributed by atoms with Crippen LogP contribution in [-0.4, -0.2) is 16.0 Å². The molecule has 0 bridgehead atoms. The van der Waals surface area contributed by atoms with Gasteiger partial charge in [0.05, 0.1) is 10.6 Å². The Morgan fingerprint density at radius 2 is 2.08 bits per heavy atom. The third-order valence-corrected chi connectivity index (χ3v) is 6.03. The number of thiophene rings is 1. The quantitative estimate of drug-likeness (QED) is 0.731. The van der Waals surface area contributed by atoms with Crippen molar-refractivity contribution in [2.24, 2.45) is 0 Å². The zero-order valence-electron chi connectivity index (χ0n) is 13.1. The fourth-order valence-electron chi connectivity index (χ4n) is 2.84. The number of nitrogens with one attached hydrogen (secondary N) is 1. The molecule has 1 N–H and O–H groups in total. The highest BCUT2D eigenvalue weighted by Crippen LogP contribution is 2.29. The lowest BCUT2D eigenvalue weighted by Crippen LogP contribution is -2.12. The summed E-state index contributed by atoms with van der Waals surface area (Å²) in [6.45, 7) is 0. The minimum Gasteiger partial charge on any atom is -0.355 e. The van der Waals surface area contributed by atoms with Crippen molar-refractivity contribution in [3.8, 4) is 10.6 Å². The third kappa shape index (κ3) is 3.27. The summed E-state index contributed by atoms with van der Waals surface area (Å²) in [5.41, 5.74) is 1.43. The van der Waals surface area contributed by atoms with Crippen molar-refractivity contribution in [3.05, 3.63) is 39.8 Å². The molecule has 0 unspecified atom stereocenters. The van der Waals surface area contributed by atoms with E-state index < -0.39 is 0 Å². The van der Waals surface area contributed by atoms with Crippen molar-refractivity contribution >= 4 is 33.7 Å². The second kappa shape index (κ2) is 6.86. The van der Waals surface area contributed by atoms with Crippen LogP contribution in [0.5, 0.6) is 0 Å². The first-order valence-electron chi connectivity index (χ1n) is 8.10. The molecular formula is C17H17N3O2S2. The Hall–Kier alpha value is -1.99. The van der Waals surface area contributed by atoms with Gasteiger partial charge in [0, 0.05) is 10.9 Å². The fraction of sp³-hybridized carbons (Fsp3) is 0.353. The number of hydrogen-bond acceptors (Lipinski definition) is 6. The first kappa shape index (κ1) is 15.5. The molecule has 4 rings (SSSR count). The average Bonchev–Trinajstić information content (AvgIpc) is 3.27. The van der Waals surface area contributed by atoms with Crippen LogP contribution in [-0.2, 0) is 12.8 Å². The summed E-state index contributed by atoms with van der Waals surface area (Å²) >= 11 is 3.14. The Morgan fingerprint density at radius 3 is 2.92 bits per heavy atom. The molecule has 0 saturated carbocycles. The molecule has 1 aliphatic rings. The normalized spacial score (nSPS) is 14.7. The number of aryl methyl sites for hydroxylation is 2. The van der Waals surface area contributed by atoms with Gasteiger partial charge in [-0.1, -0.05) is 24.1 Å². The van der Waals surface area contributed by atoms with E-state index in [0.29, 0.717) is 10.9 Å². The van der Waals surface area contributed by atoms with Crippen LogP contribution < -0.4 is 5.32 Å². The van der Waals surface area contributed by atoms with Crippen LogP contribution in [0.2, 0.25) is 0 Å². The lowest BCUT2D eigenvalue weighted by molar-refractivity contribution is 0.101. The third-order valence-electron chi connectivity index (χ3n) is 4.07. The standard InChI is InChI=1S/C17H17N3O2S2/c21-16(12-10-13(22-20-12)15-8-5-9-23-15)19-17-18-11-6-3-1-2-4-7-14(11)24-17/h5,8-10H,1-4,6-7H2,(H,18,19,21). The summed E-state index contributed by atoms with van der Waals surface area (Å²) in [6, 6.07) is 5.55. The summed E-state index contributed by atoms with van der Waals surface area (Å²) in [5, 5.41) is 9.36. The van der Waals surface area contributed by atoms with Gasteiger partial charge in [0.15, 0.2) is 16.6 Å². The van der Waals surface area contributed by atoms with Crippen molar-refractivity contribution in [2.75, 3.05) is 5.32 Å². The van der Waals surface area contributed by atoms with Crippen molar-refractivity contribution in [1.82, 2.24) is 10.1 Å². The number of rotatable bonds is 3. The number of hydrogen-bond donors (Lipinski definition) is 1. The highest BCUT2D eigenvalue weighted by Gasteiger charge is 2.18. The molecular weight excluding hydrogens is 342 g/mol. The largest absolute Gasteiger partial charge is 0.355 e. The van der Waals surface area contributed by atoms with Crippen LogP contribution >= 0.6 is 22.7 Å². The molecule has 0 aromatic carbocycles. The highest BCUT2D eigenvalue weighted by molar-refractivity contribution is 7.16. The second-order valence-electron chi connectivity index (χ2n) is 5.81. The predicted octanol–water partition coefficient (Wildman–Crippen LogP) is 4.77. The summed E-state index contributed by atoms with van der Waals surface area (Å²) in [7, 11) is 0. The van der Waals surface area contributed by atoms with E-state index in [1.165, 1.54) is 30.6 Å². The predicted molar refractivity (Wildman–Crippen MR) is 95.8 cm³/mol.